The molecule has 1 aromatic rings. The standard InChI is InChI=1S/C11H14N4O3S/c1-19-11(2-3-11)6-14-10(16)7-4-9(12)13-5-8(7)15(17)18/h4-5H,2-3,6H2,1H3,(H2,12,13)(H,14,16). The van der Waals surface area contributed by atoms with Crippen LogP contribution >= 0.6 is 11.8 Å². The summed E-state index contributed by atoms with van der Waals surface area (Å²) in [5.41, 5.74) is 5.09. The largest absolute Gasteiger partial charge is 0.384 e. The zero-order valence-electron chi connectivity index (χ0n) is 10.4. The van der Waals surface area contributed by atoms with Crippen LogP contribution in [-0.4, -0.2) is 33.4 Å². The van der Waals surface area contributed by atoms with Gasteiger partial charge in [-0.25, -0.2) is 4.98 Å². The van der Waals surface area contributed by atoms with Gasteiger partial charge < -0.3 is 11.1 Å². The van der Waals surface area contributed by atoms with Crippen LogP contribution in [0.15, 0.2) is 12.3 Å². The molecule has 0 atom stereocenters. The van der Waals surface area contributed by atoms with Crippen LogP contribution in [0.2, 0.25) is 0 Å². The number of hydrogen-bond donors (Lipinski definition) is 2. The van der Waals surface area contributed by atoms with E-state index in [0.29, 0.717) is 6.54 Å². The minimum Gasteiger partial charge on any atom is -0.384 e. The summed E-state index contributed by atoms with van der Waals surface area (Å²) in [6.45, 7) is 0.506. The molecule has 1 aromatic heterocycles. The minimum atomic E-state index is -0.636. The SMILES string of the molecule is CSC1(CNC(=O)c2cc(N)ncc2[N+](=O)[O-])CC1. The van der Waals surface area contributed by atoms with Crippen LogP contribution < -0.4 is 11.1 Å². The Morgan fingerprint density at radius 3 is 2.89 bits per heavy atom. The number of nitrogens with zero attached hydrogens (tertiary/aromatic N) is 2. The molecule has 1 aliphatic rings. The van der Waals surface area contributed by atoms with Gasteiger partial charge in [-0.3, -0.25) is 14.9 Å². The molecule has 19 heavy (non-hydrogen) atoms. The van der Waals surface area contributed by atoms with E-state index in [9.17, 15) is 14.9 Å². The second-order valence-electron chi connectivity index (χ2n) is 4.45. The number of carbonyl (C=O) groups is 1. The average Bonchev–Trinajstić information content (AvgIpc) is 3.16. The van der Waals surface area contributed by atoms with Crippen LogP contribution in [0.3, 0.4) is 0 Å². The van der Waals surface area contributed by atoms with Crippen molar-refractivity contribution in [3.63, 3.8) is 0 Å². The third-order valence-corrected chi connectivity index (χ3v) is 4.58. The molecule has 2 rings (SSSR count). The zero-order chi connectivity index (χ0) is 14.0. The second-order valence-corrected chi connectivity index (χ2v) is 5.73. The molecule has 1 fully saturated rings. The fraction of sp³-hybridized carbons (Fsp3) is 0.455. The second kappa shape index (κ2) is 5.04. The fourth-order valence-corrected chi connectivity index (χ4v) is 2.45. The van der Waals surface area contributed by atoms with Crippen molar-refractivity contribution in [2.24, 2.45) is 0 Å². The van der Waals surface area contributed by atoms with E-state index in [0.717, 1.165) is 19.0 Å². The monoisotopic (exact) mass is 282 g/mol. The highest BCUT2D eigenvalue weighted by Gasteiger charge is 2.42. The number of carbonyl (C=O) groups excluding carboxylic acids is 1. The summed E-state index contributed by atoms with van der Waals surface area (Å²) in [6, 6.07) is 1.23. The molecule has 0 aliphatic heterocycles. The van der Waals surface area contributed by atoms with Crippen molar-refractivity contribution in [2.75, 3.05) is 18.5 Å². The Morgan fingerprint density at radius 2 is 2.37 bits per heavy atom. The lowest BCUT2D eigenvalue weighted by atomic mass is 10.2. The van der Waals surface area contributed by atoms with Gasteiger partial charge in [-0.2, -0.15) is 11.8 Å². The lowest BCUT2D eigenvalue weighted by molar-refractivity contribution is -0.385. The summed E-state index contributed by atoms with van der Waals surface area (Å²) in [4.78, 5) is 25.8. The zero-order valence-corrected chi connectivity index (χ0v) is 11.2. The van der Waals surface area contributed by atoms with Crippen molar-refractivity contribution in [1.29, 1.82) is 0 Å². The Bertz CT molecular complexity index is 531. The number of nitrogens with two attached hydrogens (primary N) is 1. The van der Waals surface area contributed by atoms with E-state index in [1.165, 1.54) is 6.07 Å². The van der Waals surface area contributed by atoms with Gasteiger partial charge in [-0.05, 0) is 25.2 Å². The predicted octanol–water partition coefficient (Wildman–Crippen LogP) is 1.20. The molecular formula is C11H14N4O3S. The molecule has 8 heteroatoms. The number of thioether (sulfide) groups is 1. The lowest BCUT2D eigenvalue weighted by Crippen LogP contribution is -2.32. The number of amides is 1. The third-order valence-electron chi connectivity index (χ3n) is 3.16. The molecule has 0 unspecified atom stereocenters. The predicted molar refractivity (Wildman–Crippen MR) is 73.1 cm³/mol. The maximum absolute atomic E-state index is 12.0. The van der Waals surface area contributed by atoms with Gasteiger partial charge in [0.2, 0.25) is 0 Å². The number of pyridine rings is 1. The normalized spacial score (nSPS) is 15.8. The van der Waals surface area contributed by atoms with Crippen LogP contribution in [0.25, 0.3) is 0 Å². The topological polar surface area (TPSA) is 111 Å². The molecule has 0 aromatic carbocycles. The van der Waals surface area contributed by atoms with Crippen molar-refractivity contribution < 1.29 is 9.72 Å². The molecule has 0 saturated heterocycles. The molecule has 1 heterocycles. The van der Waals surface area contributed by atoms with Gasteiger partial charge >= 0.3 is 0 Å². The maximum atomic E-state index is 12.0. The first-order valence-corrected chi connectivity index (χ1v) is 6.93. The molecular weight excluding hydrogens is 268 g/mol. The smallest absolute Gasteiger partial charge is 0.300 e. The third kappa shape index (κ3) is 2.95. The first-order chi connectivity index (χ1) is 8.97. The molecule has 1 saturated carbocycles. The van der Waals surface area contributed by atoms with E-state index < -0.39 is 10.8 Å². The van der Waals surface area contributed by atoms with Crippen LogP contribution in [0.5, 0.6) is 0 Å². The number of nitrogen functional groups attached to an aromatic ring is 1. The summed E-state index contributed by atoms with van der Waals surface area (Å²) in [5.74, 6) is -0.400. The van der Waals surface area contributed by atoms with E-state index in [-0.39, 0.29) is 21.8 Å². The van der Waals surface area contributed by atoms with Crippen LogP contribution in [0.1, 0.15) is 23.2 Å². The molecule has 1 amide bonds. The van der Waals surface area contributed by atoms with Crippen LogP contribution in [-0.2, 0) is 0 Å². The number of hydrogen-bond acceptors (Lipinski definition) is 6. The summed E-state index contributed by atoms with van der Waals surface area (Å²) >= 11 is 1.70. The highest BCUT2D eigenvalue weighted by Crippen LogP contribution is 2.46. The number of aromatic nitrogens is 1. The molecule has 3 N–H and O–H groups in total. The van der Waals surface area contributed by atoms with Crippen molar-refractivity contribution >= 4 is 29.2 Å². The van der Waals surface area contributed by atoms with Gasteiger partial charge in [0.15, 0.2) is 0 Å². The first kappa shape index (κ1) is 13.6. The summed E-state index contributed by atoms with van der Waals surface area (Å²) in [7, 11) is 0. The van der Waals surface area contributed by atoms with Gasteiger partial charge in [0.1, 0.15) is 17.6 Å². The number of anilines is 1. The molecule has 102 valence electrons. The van der Waals surface area contributed by atoms with Gasteiger partial charge in [0.05, 0.1) is 4.92 Å². The Morgan fingerprint density at radius 1 is 1.68 bits per heavy atom. The van der Waals surface area contributed by atoms with Gasteiger partial charge in [0, 0.05) is 11.3 Å². The number of rotatable bonds is 5. The molecule has 0 radical (unpaired) electrons. The Labute approximate surface area is 114 Å². The molecule has 7 nitrogen and oxygen atoms in total. The molecule has 1 aliphatic carbocycles. The quantitative estimate of drug-likeness (QED) is 0.620. The minimum absolute atomic E-state index is 0.0468. The van der Waals surface area contributed by atoms with Crippen molar-refractivity contribution in [3.8, 4) is 0 Å². The first-order valence-electron chi connectivity index (χ1n) is 5.71. The van der Waals surface area contributed by atoms with Gasteiger partial charge in [0.25, 0.3) is 11.6 Å². The lowest BCUT2D eigenvalue weighted by Gasteiger charge is -2.13. The number of nitro groups is 1. The Kier molecular flexibility index (Phi) is 3.61. The van der Waals surface area contributed by atoms with Crippen molar-refractivity contribution in [1.82, 2.24) is 10.3 Å². The van der Waals surface area contributed by atoms with Crippen LogP contribution in [0.4, 0.5) is 11.5 Å². The van der Waals surface area contributed by atoms with Gasteiger partial charge in [-0.15, -0.1) is 0 Å². The molecule has 0 bridgehead atoms. The summed E-state index contributed by atoms with van der Waals surface area (Å²) in [5, 5.41) is 13.6. The summed E-state index contributed by atoms with van der Waals surface area (Å²) < 4.78 is 0.100. The van der Waals surface area contributed by atoms with E-state index >= 15 is 0 Å². The van der Waals surface area contributed by atoms with Crippen LogP contribution in [0, 0.1) is 10.1 Å². The number of nitrogens with one attached hydrogen (secondary N) is 1. The maximum Gasteiger partial charge on any atom is 0.300 e. The van der Waals surface area contributed by atoms with Crippen molar-refractivity contribution in [2.45, 2.75) is 17.6 Å². The van der Waals surface area contributed by atoms with E-state index in [1.54, 1.807) is 11.8 Å². The average molecular weight is 282 g/mol. The fourth-order valence-electron chi connectivity index (χ4n) is 1.72. The van der Waals surface area contributed by atoms with E-state index in [4.69, 9.17) is 5.73 Å². The van der Waals surface area contributed by atoms with E-state index in [1.807, 2.05) is 6.26 Å². The van der Waals surface area contributed by atoms with Gasteiger partial charge in [-0.1, -0.05) is 0 Å². The molecule has 0 spiro atoms. The Hall–Kier alpha value is -1.83. The summed E-state index contributed by atoms with van der Waals surface area (Å²) in [6.07, 6.45) is 5.10. The highest BCUT2D eigenvalue weighted by atomic mass is 32.2. The Balaban J connectivity index is 2.14. The highest BCUT2D eigenvalue weighted by molar-refractivity contribution is 8.00. The van der Waals surface area contributed by atoms with E-state index in [2.05, 4.69) is 10.3 Å². The van der Waals surface area contributed by atoms with Crippen molar-refractivity contribution in [3.05, 3.63) is 27.9 Å².